The van der Waals surface area contributed by atoms with Gasteiger partial charge in [0.15, 0.2) is 0 Å². The predicted octanol–water partition coefficient (Wildman–Crippen LogP) is 4.94. The van der Waals surface area contributed by atoms with Gasteiger partial charge < -0.3 is 5.11 Å². The lowest BCUT2D eigenvalue weighted by molar-refractivity contribution is 0.176. The van der Waals surface area contributed by atoms with Crippen LogP contribution in [0.25, 0.3) is 0 Å². The number of hydrogen-bond donors (Lipinski definition) is 1. The standard InChI is InChI=1S/C15H13Br2FO/c1-9-2-5-12(13(17)6-9)15(19)7-10-3-4-11(16)8-14(10)18/h2-6,8,15,19H,7H2,1H3. The molecule has 0 aliphatic carbocycles. The summed E-state index contributed by atoms with van der Waals surface area (Å²) in [5.74, 6) is -0.309. The zero-order valence-corrected chi connectivity index (χ0v) is 13.5. The van der Waals surface area contributed by atoms with Crippen LogP contribution < -0.4 is 0 Å². The molecule has 1 atom stereocenters. The molecule has 0 aliphatic heterocycles. The molecule has 4 heteroatoms. The van der Waals surface area contributed by atoms with Gasteiger partial charge in [0.05, 0.1) is 6.10 Å². The van der Waals surface area contributed by atoms with Crippen molar-refractivity contribution < 1.29 is 9.50 Å². The number of aliphatic hydroxyl groups excluding tert-OH is 1. The Morgan fingerprint density at radius 3 is 2.53 bits per heavy atom. The van der Waals surface area contributed by atoms with Gasteiger partial charge in [-0.25, -0.2) is 4.39 Å². The molecule has 0 spiro atoms. The van der Waals surface area contributed by atoms with E-state index in [0.29, 0.717) is 10.0 Å². The van der Waals surface area contributed by atoms with Crippen LogP contribution >= 0.6 is 31.9 Å². The summed E-state index contributed by atoms with van der Waals surface area (Å²) >= 11 is 6.65. The monoisotopic (exact) mass is 386 g/mol. The maximum atomic E-state index is 13.7. The molecule has 0 heterocycles. The van der Waals surface area contributed by atoms with E-state index in [0.717, 1.165) is 15.6 Å². The molecule has 2 aromatic rings. The van der Waals surface area contributed by atoms with E-state index >= 15 is 0 Å². The van der Waals surface area contributed by atoms with E-state index in [1.807, 2.05) is 25.1 Å². The molecule has 0 radical (unpaired) electrons. The highest BCUT2D eigenvalue weighted by Gasteiger charge is 2.14. The zero-order chi connectivity index (χ0) is 14.0. The van der Waals surface area contributed by atoms with Crippen LogP contribution in [0.15, 0.2) is 45.3 Å². The topological polar surface area (TPSA) is 20.2 Å². The van der Waals surface area contributed by atoms with E-state index in [4.69, 9.17) is 0 Å². The summed E-state index contributed by atoms with van der Waals surface area (Å²) in [6.07, 6.45) is -0.480. The van der Waals surface area contributed by atoms with Crippen molar-refractivity contribution in [2.45, 2.75) is 19.4 Å². The molecule has 100 valence electrons. The number of halogens is 3. The zero-order valence-electron chi connectivity index (χ0n) is 10.3. The van der Waals surface area contributed by atoms with Gasteiger partial charge in [-0.05, 0) is 41.8 Å². The average Bonchev–Trinajstić information content (AvgIpc) is 2.32. The fourth-order valence-corrected chi connectivity index (χ4v) is 3.00. The molecule has 19 heavy (non-hydrogen) atoms. The van der Waals surface area contributed by atoms with Gasteiger partial charge in [0.2, 0.25) is 0 Å². The summed E-state index contributed by atoms with van der Waals surface area (Å²) in [7, 11) is 0. The minimum atomic E-state index is -0.731. The average molecular weight is 388 g/mol. The lowest BCUT2D eigenvalue weighted by Gasteiger charge is -2.14. The normalized spacial score (nSPS) is 12.5. The summed E-state index contributed by atoms with van der Waals surface area (Å²) in [4.78, 5) is 0. The van der Waals surface area contributed by atoms with E-state index in [-0.39, 0.29) is 12.2 Å². The number of aliphatic hydroxyl groups is 1. The van der Waals surface area contributed by atoms with Crippen molar-refractivity contribution in [3.05, 3.63) is 67.9 Å². The number of rotatable bonds is 3. The van der Waals surface area contributed by atoms with Crippen LogP contribution in [0.3, 0.4) is 0 Å². The Kier molecular flexibility index (Phi) is 4.76. The van der Waals surface area contributed by atoms with Crippen molar-refractivity contribution in [2.24, 2.45) is 0 Å². The van der Waals surface area contributed by atoms with Crippen LogP contribution in [0, 0.1) is 12.7 Å². The minimum Gasteiger partial charge on any atom is -0.388 e. The summed E-state index contributed by atoms with van der Waals surface area (Å²) in [5, 5.41) is 10.2. The van der Waals surface area contributed by atoms with Gasteiger partial charge in [-0.1, -0.05) is 50.1 Å². The van der Waals surface area contributed by atoms with Crippen LogP contribution in [0.2, 0.25) is 0 Å². The third kappa shape index (κ3) is 3.65. The Balaban J connectivity index is 2.23. The smallest absolute Gasteiger partial charge is 0.127 e. The second kappa shape index (κ2) is 6.16. The lowest BCUT2D eigenvalue weighted by Crippen LogP contribution is -2.04. The molecule has 0 saturated heterocycles. The van der Waals surface area contributed by atoms with Crippen molar-refractivity contribution in [3.63, 3.8) is 0 Å². The van der Waals surface area contributed by atoms with Gasteiger partial charge in [0.1, 0.15) is 5.82 Å². The lowest BCUT2D eigenvalue weighted by atomic mass is 10.0. The predicted molar refractivity (Wildman–Crippen MR) is 81.6 cm³/mol. The third-order valence-corrected chi connectivity index (χ3v) is 4.12. The van der Waals surface area contributed by atoms with Crippen LogP contribution in [0.5, 0.6) is 0 Å². The molecule has 1 unspecified atom stereocenters. The van der Waals surface area contributed by atoms with Crippen LogP contribution in [-0.2, 0) is 6.42 Å². The minimum absolute atomic E-state index is 0.251. The summed E-state index contributed by atoms with van der Waals surface area (Å²) in [5.41, 5.74) is 2.38. The highest BCUT2D eigenvalue weighted by atomic mass is 79.9. The van der Waals surface area contributed by atoms with Crippen molar-refractivity contribution in [1.29, 1.82) is 0 Å². The summed E-state index contributed by atoms with van der Waals surface area (Å²) in [6, 6.07) is 10.6. The molecule has 2 aromatic carbocycles. The number of hydrogen-bond acceptors (Lipinski definition) is 1. The summed E-state index contributed by atoms with van der Waals surface area (Å²) in [6.45, 7) is 1.98. The van der Waals surface area contributed by atoms with Gasteiger partial charge in [-0.3, -0.25) is 0 Å². The molecule has 0 fully saturated rings. The first kappa shape index (κ1) is 14.7. The first-order chi connectivity index (χ1) is 8.97. The molecular formula is C15H13Br2FO. The molecule has 0 amide bonds. The van der Waals surface area contributed by atoms with Gasteiger partial charge in [-0.15, -0.1) is 0 Å². The summed E-state index contributed by atoms with van der Waals surface area (Å²) < 4.78 is 15.3. The Hall–Kier alpha value is -0.710. The first-order valence-corrected chi connectivity index (χ1v) is 7.44. The molecule has 0 aliphatic rings. The van der Waals surface area contributed by atoms with Crippen LogP contribution in [0.4, 0.5) is 4.39 Å². The number of benzene rings is 2. The second-order valence-electron chi connectivity index (χ2n) is 4.48. The number of aryl methyl sites for hydroxylation is 1. The van der Waals surface area contributed by atoms with E-state index < -0.39 is 6.10 Å². The Morgan fingerprint density at radius 2 is 1.89 bits per heavy atom. The van der Waals surface area contributed by atoms with Crippen molar-refractivity contribution in [1.82, 2.24) is 0 Å². The van der Waals surface area contributed by atoms with Crippen LogP contribution in [-0.4, -0.2) is 5.11 Å². The third-order valence-electron chi connectivity index (χ3n) is 2.94. The second-order valence-corrected chi connectivity index (χ2v) is 6.25. The molecule has 1 N–H and O–H groups in total. The molecule has 0 aromatic heterocycles. The van der Waals surface area contributed by atoms with E-state index in [2.05, 4.69) is 31.9 Å². The fraction of sp³-hybridized carbons (Fsp3) is 0.200. The van der Waals surface area contributed by atoms with E-state index in [9.17, 15) is 9.50 Å². The highest BCUT2D eigenvalue weighted by molar-refractivity contribution is 9.10. The van der Waals surface area contributed by atoms with Crippen molar-refractivity contribution >= 4 is 31.9 Å². The molecule has 2 rings (SSSR count). The SMILES string of the molecule is Cc1ccc(C(O)Cc2ccc(Br)cc2F)c(Br)c1. The van der Waals surface area contributed by atoms with E-state index in [1.54, 1.807) is 12.1 Å². The maximum Gasteiger partial charge on any atom is 0.127 e. The van der Waals surface area contributed by atoms with Gasteiger partial charge in [0.25, 0.3) is 0 Å². The largest absolute Gasteiger partial charge is 0.388 e. The first-order valence-electron chi connectivity index (χ1n) is 5.85. The molecule has 0 saturated carbocycles. The van der Waals surface area contributed by atoms with Gasteiger partial charge >= 0.3 is 0 Å². The van der Waals surface area contributed by atoms with Crippen molar-refractivity contribution in [2.75, 3.05) is 0 Å². The molecular weight excluding hydrogens is 375 g/mol. The van der Waals surface area contributed by atoms with E-state index in [1.165, 1.54) is 6.07 Å². The van der Waals surface area contributed by atoms with Crippen LogP contribution in [0.1, 0.15) is 22.8 Å². The maximum absolute atomic E-state index is 13.7. The van der Waals surface area contributed by atoms with Gasteiger partial charge in [-0.2, -0.15) is 0 Å². The fourth-order valence-electron chi connectivity index (χ4n) is 1.91. The quantitative estimate of drug-likeness (QED) is 0.791. The Bertz CT molecular complexity index is 599. The van der Waals surface area contributed by atoms with Crippen molar-refractivity contribution in [3.8, 4) is 0 Å². The Labute approximate surface area is 128 Å². The highest BCUT2D eigenvalue weighted by Crippen LogP contribution is 2.28. The Morgan fingerprint density at radius 1 is 1.16 bits per heavy atom. The van der Waals surface area contributed by atoms with Gasteiger partial charge in [0, 0.05) is 15.4 Å². The molecule has 1 nitrogen and oxygen atoms in total. The molecule has 0 bridgehead atoms.